The van der Waals surface area contributed by atoms with E-state index in [1.807, 2.05) is 0 Å². The molecule has 1 aromatic heterocycles. The molecule has 1 nitrogen and oxygen atoms in total. The Kier molecular flexibility index (Phi) is 3.52. The van der Waals surface area contributed by atoms with E-state index < -0.39 is 5.95 Å². The van der Waals surface area contributed by atoms with Crippen LogP contribution in [0.1, 0.15) is 5.56 Å². The van der Waals surface area contributed by atoms with Gasteiger partial charge >= 0.3 is 18.9 Å². The summed E-state index contributed by atoms with van der Waals surface area (Å²) in [5.41, 5.74) is 0.535. The molecule has 0 saturated heterocycles. The summed E-state index contributed by atoms with van der Waals surface area (Å²) < 4.78 is 12.2. The standard InChI is InChI=1S/C6H5FN.Li/c1-5-3-2-4-8-6(5)7;/h3-4H,1H3;/q-1;+1. The average Bonchev–Trinajstić information content (AvgIpc) is 1.77. The van der Waals surface area contributed by atoms with Crippen molar-refractivity contribution >= 4 is 0 Å². The molecule has 9 heavy (non-hydrogen) atoms. The minimum absolute atomic E-state index is 0. The van der Waals surface area contributed by atoms with Gasteiger partial charge in [-0.1, -0.05) is 6.20 Å². The zero-order valence-electron chi connectivity index (χ0n) is 5.48. The van der Waals surface area contributed by atoms with Crippen molar-refractivity contribution in [2.75, 3.05) is 0 Å². The molecule has 0 N–H and O–H groups in total. The number of rotatable bonds is 0. The van der Waals surface area contributed by atoms with Crippen LogP contribution in [0.4, 0.5) is 4.39 Å². The molecule has 0 radical (unpaired) electrons. The molecule has 0 aromatic carbocycles. The summed E-state index contributed by atoms with van der Waals surface area (Å²) in [6.07, 6.45) is 1.31. The van der Waals surface area contributed by atoms with Crippen molar-refractivity contribution in [2.45, 2.75) is 6.92 Å². The SMILES string of the molecule is Cc1c[c-]cnc1F.[Li+]. The zero-order chi connectivity index (χ0) is 5.98. The van der Waals surface area contributed by atoms with Crippen molar-refractivity contribution in [2.24, 2.45) is 0 Å². The summed E-state index contributed by atoms with van der Waals surface area (Å²) in [7, 11) is 0. The number of halogens is 1. The minimum atomic E-state index is -0.413. The number of pyridine rings is 1. The van der Waals surface area contributed by atoms with Gasteiger partial charge in [-0.2, -0.15) is 0 Å². The second-order valence-corrected chi connectivity index (χ2v) is 1.54. The van der Waals surface area contributed by atoms with Crippen molar-refractivity contribution in [1.82, 2.24) is 4.98 Å². The molecule has 0 fully saturated rings. The first-order valence-electron chi connectivity index (χ1n) is 2.29. The summed E-state index contributed by atoms with van der Waals surface area (Å²) in [4.78, 5) is 3.36. The quantitative estimate of drug-likeness (QED) is 0.225. The molecular weight excluding hydrogens is 112 g/mol. The summed E-state index contributed by atoms with van der Waals surface area (Å²) >= 11 is 0. The van der Waals surface area contributed by atoms with Gasteiger partial charge in [0.1, 0.15) is 5.95 Å². The Labute approximate surface area is 65.5 Å². The Morgan fingerprint density at radius 1 is 1.67 bits per heavy atom. The molecule has 0 atom stereocenters. The number of hydrogen-bond donors (Lipinski definition) is 0. The summed E-state index contributed by atoms with van der Waals surface area (Å²) in [6.45, 7) is 1.65. The van der Waals surface area contributed by atoms with Gasteiger partial charge in [0.15, 0.2) is 0 Å². The number of aromatic nitrogens is 1. The van der Waals surface area contributed by atoms with Gasteiger partial charge in [-0.15, -0.1) is 12.5 Å². The predicted molar refractivity (Wildman–Crippen MR) is 27.8 cm³/mol. The second kappa shape index (κ2) is 3.66. The molecule has 0 unspecified atom stereocenters. The Hall–Kier alpha value is -0.323. The maximum absolute atomic E-state index is 12.2. The number of nitrogens with zero attached hydrogens (tertiary/aromatic N) is 1. The third-order valence-corrected chi connectivity index (χ3v) is 0.878. The first-order valence-corrected chi connectivity index (χ1v) is 2.29. The minimum Gasteiger partial charge on any atom is -0.266 e. The van der Waals surface area contributed by atoms with Crippen LogP contribution >= 0.6 is 0 Å². The number of aryl methyl sites for hydroxylation is 1. The summed E-state index contributed by atoms with van der Waals surface area (Å²) in [6, 6.07) is 4.21. The first-order chi connectivity index (χ1) is 3.80. The molecule has 0 saturated carbocycles. The molecule has 0 aliphatic heterocycles. The van der Waals surface area contributed by atoms with E-state index in [0.717, 1.165) is 0 Å². The first kappa shape index (κ1) is 8.68. The van der Waals surface area contributed by atoms with Crippen LogP contribution in [0.3, 0.4) is 0 Å². The molecule has 1 rings (SSSR count). The smallest absolute Gasteiger partial charge is 0.266 e. The molecule has 0 spiro atoms. The Morgan fingerprint density at radius 3 is 2.67 bits per heavy atom. The van der Waals surface area contributed by atoms with E-state index in [-0.39, 0.29) is 18.9 Å². The van der Waals surface area contributed by atoms with Gasteiger partial charge in [0.2, 0.25) is 0 Å². The van der Waals surface area contributed by atoms with E-state index in [9.17, 15) is 4.39 Å². The van der Waals surface area contributed by atoms with Crippen molar-refractivity contribution in [1.29, 1.82) is 0 Å². The van der Waals surface area contributed by atoms with Crippen LogP contribution in [0.5, 0.6) is 0 Å². The van der Waals surface area contributed by atoms with Crippen molar-refractivity contribution < 1.29 is 23.3 Å². The fourth-order valence-electron chi connectivity index (χ4n) is 0.418. The van der Waals surface area contributed by atoms with Crippen LogP contribution < -0.4 is 18.9 Å². The fraction of sp³-hybridized carbons (Fsp3) is 0.167. The van der Waals surface area contributed by atoms with Crippen LogP contribution in [-0.4, -0.2) is 4.98 Å². The van der Waals surface area contributed by atoms with Gasteiger partial charge in [-0.05, 0) is 0 Å². The van der Waals surface area contributed by atoms with Gasteiger partial charge in [0.05, 0.1) is 0 Å². The van der Waals surface area contributed by atoms with Gasteiger partial charge in [-0.25, -0.2) is 16.5 Å². The Balaban J connectivity index is 0.000000640. The average molecular weight is 117 g/mol. The molecule has 1 heterocycles. The van der Waals surface area contributed by atoms with Crippen molar-refractivity contribution in [3.63, 3.8) is 0 Å². The molecule has 1 aromatic rings. The van der Waals surface area contributed by atoms with E-state index in [4.69, 9.17) is 0 Å². The van der Waals surface area contributed by atoms with Crippen LogP contribution in [-0.2, 0) is 0 Å². The maximum Gasteiger partial charge on any atom is 1.00 e. The largest absolute Gasteiger partial charge is 1.00 e. The molecular formula is C6H5FLiN. The van der Waals surface area contributed by atoms with Crippen molar-refractivity contribution in [3.05, 3.63) is 29.8 Å². The van der Waals surface area contributed by atoms with E-state index in [1.165, 1.54) is 6.20 Å². The Morgan fingerprint density at radius 2 is 2.33 bits per heavy atom. The van der Waals surface area contributed by atoms with Gasteiger partial charge in [-0.3, -0.25) is 4.98 Å². The zero-order valence-corrected chi connectivity index (χ0v) is 5.48. The van der Waals surface area contributed by atoms with E-state index in [0.29, 0.717) is 5.56 Å². The van der Waals surface area contributed by atoms with E-state index >= 15 is 0 Å². The van der Waals surface area contributed by atoms with Crippen LogP contribution in [0.25, 0.3) is 0 Å². The summed E-state index contributed by atoms with van der Waals surface area (Å²) in [5.74, 6) is -0.413. The molecule has 0 amide bonds. The van der Waals surface area contributed by atoms with E-state index in [2.05, 4.69) is 11.1 Å². The molecule has 0 aliphatic carbocycles. The van der Waals surface area contributed by atoms with E-state index in [1.54, 1.807) is 13.0 Å². The topological polar surface area (TPSA) is 12.9 Å². The Bertz CT molecular complexity index is 169. The van der Waals surface area contributed by atoms with Gasteiger partial charge < -0.3 is 0 Å². The third-order valence-electron chi connectivity index (χ3n) is 0.878. The number of hydrogen-bond acceptors (Lipinski definition) is 1. The molecule has 42 valence electrons. The second-order valence-electron chi connectivity index (χ2n) is 1.54. The normalized spacial score (nSPS) is 8.22. The predicted octanol–water partition coefficient (Wildman–Crippen LogP) is -1.67. The fourth-order valence-corrected chi connectivity index (χ4v) is 0.418. The van der Waals surface area contributed by atoms with Gasteiger partial charge in [0, 0.05) is 0 Å². The molecule has 3 heteroatoms. The van der Waals surface area contributed by atoms with Gasteiger partial charge in [0.25, 0.3) is 0 Å². The third kappa shape index (κ3) is 2.17. The molecule has 0 bridgehead atoms. The summed E-state index contributed by atoms with van der Waals surface area (Å²) in [5, 5.41) is 0. The monoisotopic (exact) mass is 117 g/mol. The van der Waals surface area contributed by atoms with Crippen molar-refractivity contribution in [3.8, 4) is 0 Å². The molecule has 0 aliphatic rings. The maximum atomic E-state index is 12.2. The van der Waals surface area contributed by atoms with Crippen LogP contribution in [0.15, 0.2) is 12.3 Å². The van der Waals surface area contributed by atoms with Crippen LogP contribution in [0.2, 0.25) is 0 Å². The van der Waals surface area contributed by atoms with Crippen LogP contribution in [0, 0.1) is 18.9 Å².